The van der Waals surface area contributed by atoms with Crippen molar-refractivity contribution < 1.29 is 18.7 Å². The second kappa shape index (κ2) is 4.27. The molecule has 0 amide bonds. The minimum Gasteiger partial charge on any atom is -0.418 e. The van der Waals surface area contributed by atoms with Crippen LogP contribution in [-0.4, -0.2) is 12.2 Å². The summed E-state index contributed by atoms with van der Waals surface area (Å²) in [6.45, 7) is 0. The van der Waals surface area contributed by atoms with E-state index in [1.165, 1.54) is 0 Å². The van der Waals surface area contributed by atoms with E-state index in [0.29, 0.717) is 0 Å². The average Bonchev–Trinajstić information content (AvgIpc) is 2.07. The molecule has 0 radical (unpaired) electrons. The van der Waals surface area contributed by atoms with Crippen LogP contribution in [-0.2, 0) is 0 Å². The van der Waals surface area contributed by atoms with E-state index in [-0.39, 0.29) is 1.43 Å². The van der Waals surface area contributed by atoms with E-state index in [1.807, 2.05) is 5.38 Å². The molecule has 0 fully saturated rings. The zero-order chi connectivity index (χ0) is 8.04. The minimum absolute atomic E-state index is 0. The molecule has 0 N–H and O–H groups in total. The summed E-state index contributed by atoms with van der Waals surface area (Å²) in [4.78, 5) is 3.74. The molecule has 58 valence electrons. The van der Waals surface area contributed by atoms with E-state index >= 15 is 0 Å². The third-order valence-corrected chi connectivity index (χ3v) is 0.869. The molecule has 0 bridgehead atoms. The van der Waals surface area contributed by atoms with Crippen LogP contribution in [0.5, 0.6) is 0 Å². The quantitative estimate of drug-likeness (QED) is 0.433. The topological polar surface area (TPSA) is 12.9 Å². The van der Waals surface area contributed by atoms with Crippen LogP contribution >= 0.6 is 11.3 Å². The van der Waals surface area contributed by atoms with Gasteiger partial charge in [0.2, 0.25) is 0 Å². The monoisotopic (exact) mass is 173 g/mol. The van der Waals surface area contributed by atoms with Crippen LogP contribution in [0.25, 0.3) is 0 Å². The first kappa shape index (κ1) is 9.41. The molecule has 0 saturated carbocycles. The first-order valence-electron chi connectivity index (χ1n) is 2.19. The molecule has 0 aliphatic carbocycles. The molecule has 0 atom stereocenters. The minimum atomic E-state index is -6.00. The van der Waals surface area contributed by atoms with Gasteiger partial charge >= 0.3 is 8.68 Å². The van der Waals surface area contributed by atoms with Crippen LogP contribution < -0.4 is 0 Å². The van der Waals surface area contributed by atoms with E-state index in [9.17, 15) is 17.3 Å². The Morgan fingerprint density at radius 2 is 1.80 bits per heavy atom. The molecular weight excluding hydrogens is 169 g/mol. The summed E-state index contributed by atoms with van der Waals surface area (Å²) in [5.41, 5.74) is 1.79. The molecule has 0 aliphatic heterocycles. The second-order valence-electron chi connectivity index (χ2n) is 1.17. The zero-order valence-electron chi connectivity index (χ0n) is 5.68. The van der Waals surface area contributed by atoms with Crippen LogP contribution in [0.3, 0.4) is 0 Å². The van der Waals surface area contributed by atoms with Crippen molar-refractivity contribution in [2.24, 2.45) is 0 Å². The van der Waals surface area contributed by atoms with Crippen LogP contribution in [0, 0.1) is 0 Å². The summed E-state index contributed by atoms with van der Waals surface area (Å²) in [6.07, 6.45) is 1.77. The van der Waals surface area contributed by atoms with Gasteiger partial charge in [-0.05, 0) is 0 Å². The van der Waals surface area contributed by atoms with E-state index in [0.717, 1.165) is 0 Å². The van der Waals surface area contributed by atoms with Crippen molar-refractivity contribution in [2.45, 2.75) is 0 Å². The fourth-order valence-corrected chi connectivity index (χ4v) is 0.527. The van der Waals surface area contributed by atoms with Crippen molar-refractivity contribution in [3.05, 3.63) is 17.1 Å². The lowest BCUT2D eigenvalue weighted by Gasteiger charge is -1.94. The lowest BCUT2D eigenvalue weighted by molar-refractivity contribution is 0.368. The van der Waals surface area contributed by atoms with Gasteiger partial charge in [-0.15, -0.1) is 11.3 Å². The first-order valence-corrected chi connectivity index (χ1v) is 3.14. The Labute approximate surface area is 60.3 Å². The van der Waals surface area contributed by atoms with Gasteiger partial charge in [0.25, 0.3) is 0 Å². The van der Waals surface area contributed by atoms with Crippen LogP contribution in [0.2, 0.25) is 0 Å². The van der Waals surface area contributed by atoms with Gasteiger partial charge in [-0.2, -0.15) is 0 Å². The Morgan fingerprint density at radius 1 is 1.30 bits per heavy atom. The molecule has 1 aromatic rings. The fraction of sp³-hybridized carbons (Fsp3) is 0. The third-order valence-electron chi connectivity index (χ3n) is 0.347. The SMILES string of the molecule is F[B-](F)(F)F.[H+].c1cscn1. The molecule has 7 heteroatoms. The maximum atomic E-state index is 9.75. The van der Waals surface area contributed by atoms with Gasteiger partial charge in [0.15, 0.2) is 0 Å². The van der Waals surface area contributed by atoms with Gasteiger partial charge in [0.1, 0.15) is 0 Å². The molecule has 0 spiro atoms. The van der Waals surface area contributed by atoms with Gasteiger partial charge in [0.05, 0.1) is 5.51 Å². The molecule has 0 saturated heterocycles. The van der Waals surface area contributed by atoms with E-state index in [4.69, 9.17) is 0 Å². The molecular formula is C3H4BF4NS. The van der Waals surface area contributed by atoms with Crippen molar-refractivity contribution in [3.63, 3.8) is 0 Å². The summed E-state index contributed by atoms with van der Waals surface area (Å²) in [6, 6.07) is 0. The van der Waals surface area contributed by atoms with Crippen molar-refractivity contribution in [2.75, 3.05) is 0 Å². The highest BCUT2D eigenvalue weighted by atomic mass is 32.1. The van der Waals surface area contributed by atoms with Crippen molar-refractivity contribution >= 4 is 18.6 Å². The molecule has 0 aliphatic rings. The summed E-state index contributed by atoms with van der Waals surface area (Å²) in [5, 5.41) is 1.93. The zero-order valence-corrected chi connectivity index (χ0v) is 5.49. The van der Waals surface area contributed by atoms with Crippen molar-refractivity contribution in [3.8, 4) is 0 Å². The van der Waals surface area contributed by atoms with Crippen LogP contribution in [0.15, 0.2) is 17.1 Å². The summed E-state index contributed by atoms with van der Waals surface area (Å²) in [7, 11) is -6.00. The molecule has 1 heterocycles. The first-order chi connectivity index (χ1) is 4.50. The Bertz CT molecular complexity index is 132. The van der Waals surface area contributed by atoms with E-state index in [1.54, 1.807) is 23.0 Å². The summed E-state index contributed by atoms with van der Waals surface area (Å²) < 4.78 is 39.0. The Morgan fingerprint density at radius 3 is 1.90 bits per heavy atom. The van der Waals surface area contributed by atoms with Gasteiger partial charge < -0.3 is 17.3 Å². The highest BCUT2D eigenvalue weighted by Crippen LogP contribution is 2.06. The second-order valence-corrected chi connectivity index (χ2v) is 1.93. The van der Waals surface area contributed by atoms with Crippen LogP contribution in [0.4, 0.5) is 17.3 Å². The summed E-state index contributed by atoms with van der Waals surface area (Å²) in [5.74, 6) is 0. The number of rotatable bonds is 0. The van der Waals surface area contributed by atoms with Gasteiger partial charge in [-0.3, -0.25) is 4.98 Å². The van der Waals surface area contributed by atoms with Crippen LogP contribution in [0.1, 0.15) is 1.43 Å². The van der Waals surface area contributed by atoms with E-state index < -0.39 is 7.25 Å². The van der Waals surface area contributed by atoms with Gasteiger partial charge in [-0.1, -0.05) is 0 Å². The predicted octanol–water partition coefficient (Wildman–Crippen LogP) is 2.56. The largest absolute Gasteiger partial charge is 1.00 e. The maximum absolute atomic E-state index is 9.75. The Balaban J connectivity index is 0. The summed E-state index contributed by atoms with van der Waals surface area (Å²) >= 11 is 1.60. The fourth-order valence-electron chi connectivity index (χ4n) is 0.176. The number of hydrogen-bond acceptors (Lipinski definition) is 2. The number of thiazole rings is 1. The van der Waals surface area contributed by atoms with Crippen molar-refractivity contribution in [1.29, 1.82) is 0 Å². The highest BCUT2D eigenvalue weighted by Gasteiger charge is 2.20. The Kier molecular flexibility index (Phi) is 4.02. The number of hydrogen-bond donors (Lipinski definition) is 0. The predicted molar refractivity (Wildman–Crippen MR) is 33.4 cm³/mol. The molecule has 1 rings (SSSR count). The normalized spacial score (nSPS) is 10.0. The lowest BCUT2D eigenvalue weighted by Crippen LogP contribution is -2.02. The van der Waals surface area contributed by atoms with Gasteiger partial charge in [0, 0.05) is 11.6 Å². The van der Waals surface area contributed by atoms with Crippen molar-refractivity contribution in [1.82, 2.24) is 4.98 Å². The molecule has 10 heavy (non-hydrogen) atoms. The van der Waals surface area contributed by atoms with Gasteiger partial charge in [-0.25, -0.2) is 0 Å². The maximum Gasteiger partial charge on any atom is 1.00 e. The highest BCUT2D eigenvalue weighted by molar-refractivity contribution is 7.07. The lowest BCUT2D eigenvalue weighted by atomic mass is 10.3. The Hall–Kier alpha value is -0.585. The molecule has 1 aromatic heterocycles. The molecule has 0 aromatic carbocycles. The van der Waals surface area contributed by atoms with E-state index in [2.05, 4.69) is 4.98 Å². The third kappa shape index (κ3) is 15.7. The standard InChI is InChI=1S/C3H3NS.BF4/c1-2-5-3-4-1;2-1(3,4)5/h1-3H;/q;-1/p+1. The number of nitrogens with zero attached hydrogens (tertiary/aromatic N) is 1. The average molecular weight is 173 g/mol. The molecule has 1 nitrogen and oxygen atoms in total. The smallest absolute Gasteiger partial charge is 0.418 e. The number of halogens is 4. The molecule has 0 unspecified atom stereocenters. The number of aromatic nitrogens is 1.